The smallest absolute Gasteiger partial charge is 0.127 e. The van der Waals surface area contributed by atoms with Crippen molar-refractivity contribution in [3.05, 3.63) is 52.0 Å². The molecule has 102 valence electrons. The summed E-state index contributed by atoms with van der Waals surface area (Å²) in [6.45, 7) is 6.25. The van der Waals surface area contributed by atoms with Gasteiger partial charge in [0.25, 0.3) is 0 Å². The first-order valence-electron chi connectivity index (χ1n) is 6.70. The molecule has 20 heavy (non-hydrogen) atoms. The summed E-state index contributed by atoms with van der Waals surface area (Å²) in [5.74, 6) is 0.904. The third-order valence-electron chi connectivity index (χ3n) is 3.30. The predicted molar refractivity (Wildman–Crippen MR) is 85.4 cm³/mol. The number of pyridine rings is 1. The number of nitrogens with one attached hydrogen (secondary N) is 1. The lowest BCUT2D eigenvalue weighted by molar-refractivity contribution is 0.882. The SMILES string of the molecule is Cc1nc(C)c(C(C)Nc2ccc3ccccc3n2)s1. The van der Waals surface area contributed by atoms with Crippen LogP contribution in [0, 0.1) is 13.8 Å². The maximum absolute atomic E-state index is 4.65. The molecule has 0 saturated heterocycles. The first-order valence-corrected chi connectivity index (χ1v) is 7.51. The Kier molecular flexibility index (Phi) is 3.40. The first-order chi connectivity index (χ1) is 9.63. The fourth-order valence-corrected chi connectivity index (χ4v) is 3.31. The molecular weight excluding hydrogens is 266 g/mol. The van der Waals surface area contributed by atoms with Gasteiger partial charge in [-0.05, 0) is 39.0 Å². The average Bonchev–Trinajstić information content (AvgIpc) is 2.78. The summed E-state index contributed by atoms with van der Waals surface area (Å²) in [5.41, 5.74) is 2.12. The van der Waals surface area contributed by atoms with E-state index in [1.54, 1.807) is 11.3 Å². The Hall–Kier alpha value is -1.94. The molecule has 0 spiro atoms. The molecule has 3 nitrogen and oxygen atoms in total. The summed E-state index contributed by atoms with van der Waals surface area (Å²) in [5, 5.41) is 5.74. The molecule has 1 N–H and O–H groups in total. The quantitative estimate of drug-likeness (QED) is 0.770. The van der Waals surface area contributed by atoms with Crippen molar-refractivity contribution in [2.45, 2.75) is 26.8 Å². The summed E-state index contributed by atoms with van der Waals surface area (Å²) in [4.78, 5) is 10.4. The van der Waals surface area contributed by atoms with Gasteiger partial charge in [-0.25, -0.2) is 9.97 Å². The molecule has 0 amide bonds. The Balaban J connectivity index is 1.87. The van der Waals surface area contributed by atoms with E-state index in [2.05, 4.69) is 41.3 Å². The van der Waals surface area contributed by atoms with Gasteiger partial charge in [0.15, 0.2) is 0 Å². The number of fused-ring (bicyclic) bond motifs is 1. The van der Waals surface area contributed by atoms with Crippen LogP contribution in [0.2, 0.25) is 0 Å². The van der Waals surface area contributed by atoms with Crippen molar-refractivity contribution in [1.29, 1.82) is 0 Å². The highest BCUT2D eigenvalue weighted by molar-refractivity contribution is 7.11. The summed E-state index contributed by atoms with van der Waals surface area (Å²) in [7, 11) is 0. The van der Waals surface area contributed by atoms with Crippen molar-refractivity contribution in [2.75, 3.05) is 5.32 Å². The molecule has 3 rings (SSSR count). The molecule has 3 aromatic rings. The van der Waals surface area contributed by atoms with Crippen LogP contribution in [-0.4, -0.2) is 9.97 Å². The van der Waals surface area contributed by atoms with Crippen LogP contribution in [0.1, 0.15) is 28.5 Å². The van der Waals surface area contributed by atoms with Gasteiger partial charge in [0.2, 0.25) is 0 Å². The normalized spacial score (nSPS) is 12.6. The van der Waals surface area contributed by atoms with Crippen molar-refractivity contribution in [1.82, 2.24) is 9.97 Å². The number of hydrogen-bond acceptors (Lipinski definition) is 4. The monoisotopic (exact) mass is 283 g/mol. The highest BCUT2D eigenvalue weighted by Crippen LogP contribution is 2.27. The van der Waals surface area contributed by atoms with Crippen LogP contribution in [-0.2, 0) is 0 Å². The molecule has 0 aliphatic rings. The Bertz CT molecular complexity index is 748. The van der Waals surface area contributed by atoms with Crippen LogP contribution in [0.25, 0.3) is 10.9 Å². The van der Waals surface area contributed by atoms with Gasteiger partial charge in [-0.1, -0.05) is 18.2 Å². The van der Waals surface area contributed by atoms with Gasteiger partial charge in [-0.2, -0.15) is 0 Å². The van der Waals surface area contributed by atoms with Crippen molar-refractivity contribution in [2.24, 2.45) is 0 Å². The summed E-state index contributed by atoms with van der Waals surface area (Å²) < 4.78 is 0. The van der Waals surface area contributed by atoms with Gasteiger partial charge >= 0.3 is 0 Å². The molecular formula is C16H17N3S. The number of aryl methyl sites for hydroxylation is 2. The molecule has 0 fully saturated rings. The van der Waals surface area contributed by atoms with Crippen LogP contribution in [0.5, 0.6) is 0 Å². The number of aromatic nitrogens is 2. The van der Waals surface area contributed by atoms with E-state index in [0.717, 1.165) is 27.4 Å². The molecule has 1 unspecified atom stereocenters. The Morgan fingerprint density at radius 3 is 2.60 bits per heavy atom. The zero-order valence-corrected chi connectivity index (χ0v) is 12.7. The van der Waals surface area contributed by atoms with Gasteiger partial charge in [-0.3, -0.25) is 0 Å². The van der Waals surface area contributed by atoms with Gasteiger partial charge in [0.05, 0.1) is 22.3 Å². The number of thiazole rings is 1. The second kappa shape index (κ2) is 5.21. The Morgan fingerprint density at radius 1 is 1.05 bits per heavy atom. The minimum Gasteiger partial charge on any atom is -0.363 e. The fourth-order valence-electron chi connectivity index (χ4n) is 2.38. The highest BCUT2D eigenvalue weighted by Gasteiger charge is 2.13. The summed E-state index contributed by atoms with van der Waals surface area (Å²) in [6.07, 6.45) is 0. The Labute approximate surface area is 122 Å². The van der Waals surface area contributed by atoms with Gasteiger partial charge in [-0.15, -0.1) is 11.3 Å². The molecule has 2 aromatic heterocycles. The lowest BCUT2D eigenvalue weighted by Gasteiger charge is -2.14. The molecule has 0 saturated carbocycles. The van der Waals surface area contributed by atoms with E-state index in [0.29, 0.717) is 0 Å². The fraction of sp³-hybridized carbons (Fsp3) is 0.250. The molecule has 2 heterocycles. The van der Waals surface area contributed by atoms with Gasteiger partial charge in [0, 0.05) is 10.3 Å². The minimum atomic E-state index is 0.217. The number of para-hydroxylation sites is 1. The van der Waals surface area contributed by atoms with Gasteiger partial charge < -0.3 is 5.32 Å². The van der Waals surface area contributed by atoms with Crippen molar-refractivity contribution in [3.8, 4) is 0 Å². The lowest BCUT2D eigenvalue weighted by Crippen LogP contribution is -2.07. The maximum Gasteiger partial charge on any atom is 0.127 e. The summed E-state index contributed by atoms with van der Waals surface area (Å²) in [6, 6.07) is 12.5. The topological polar surface area (TPSA) is 37.8 Å². The van der Waals surface area contributed by atoms with Crippen molar-refractivity contribution in [3.63, 3.8) is 0 Å². The lowest BCUT2D eigenvalue weighted by atomic mass is 10.2. The summed E-state index contributed by atoms with van der Waals surface area (Å²) >= 11 is 1.74. The van der Waals surface area contributed by atoms with Crippen LogP contribution >= 0.6 is 11.3 Å². The maximum atomic E-state index is 4.65. The number of benzene rings is 1. The number of nitrogens with zero attached hydrogens (tertiary/aromatic N) is 2. The van der Waals surface area contributed by atoms with Crippen LogP contribution in [0.15, 0.2) is 36.4 Å². The van der Waals surface area contributed by atoms with E-state index in [1.165, 1.54) is 4.88 Å². The zero-order chi connectivity index (χ0) is 14.1. The van der Waals surface area contributed by atoms with E-state index < -0.39 is 0 Å². The molecule has 0 bridgehead atoms. The average molecular weight is 283 g/mol. The van der Waals surface area contributed by atoms with Crippen LogP contribution in [0.3, 0.4) is 0 Å². The van der Waals surface area contributed by atoms with Gasteiger partial charge in [0.1, 0.15) is 5.82 Å². The second-order valence-corrected chi connectivity index (χ2v) is 6.17. The standard InChI is InChI=1S/C16H17N3S/c1-10-16(20-12(3)17-10)11(2)18-15-9-8-13-6-4-5-7-14(13)19-15/h4-9,11H,1-3H3,(H,18,19). The number of hydrogen-bond donors (Lipinski definition) is 1. The number of rotatable bonds is 3. The van der Waals surface area contributed by atoms with E-state index in [1.807, 2.05) is 31.2 Å². The van der Waals surface area contributed by atoms with E-state index in [-0.39, 0.29) is 6.04 Å². The second-order valence-electron chi connectivity index (χ2n) is 4.94. The van der Waals surface area contributed by atoms with E-state index in [4.69, 9.17) is 0 Å². The zero-order valence-electron chi connectivity index (χ0n) is 11.8. The predicted octanol–water partition coefficient (Wildman–Crippen LogP) is 4.48. The first kappa shape index (κ1) is 13.1. The van der Waals surface area contributed by atoms with E-state index >= 15 is 0 Å². The Morgan fingerprint density at radius 2 is 1.85 bits per heavy atom. The van der Waals surface area contributed by atoms with E-state index in [9.17, 15) is 0 Å². The van der Waals surface area contributed by atoms with Crippen LogP contribution < -0.4 is 5.32 Å². The molecule has 4 heteroatoms. The molecule has 1 aromatic carbocycles. The molecule has 0 radical (unpaired) electrons. The van der Waals surface area contributed by atoms with Crippen LogP contribution in [0.4, 0.5) is 5.82 Å². The van der Waals surface area contributed by atoms with Crippen molar-refractivity contribution < 1.29 is 0 Å². The molecule has 0 aliphatic heterocycles. The van der Waals surface area contributed by atoms with Crippen molar-refractivity contribution >= 4 is 28.1 Å². The largest absolute Gasteiger partial charge is 0.363 e. The third-order valence-corrected chi connectivity index (χ3v) is 4.55. The molecule has 1 atom stereocenters. The highest BCUT2D eigenvalue weighted by atomic mass is 32.1. The third kappa shape index (κ3) is 2.51. The number of anilines is 1. The minimum absolute atomic E-state index is 0.217. The molecule has 0 aliphatic carbocycles.